The minimum atomic E-state index is -0.647. The van der Waals surface area contributed by atoms with Gasteiger partial charge < -0.3 is 19.6 Å². The van der Waals surface area contributed by atoms with Gasteiger partial charge in [-0.1, -0.05) is 24.3 Å². The average Bonchev–Trinajstić information content (AvgIpc) is 2.68. The van der Waals surface area contributed by atoms with Crippen LogP contribution < -0.4 is 9.64 Å². The van der Waals surface area contributed by atoms with Crippen molar-refractivity contribution >= 4 is 29.8 Å². The second-order valence-corrected chi connectivity index (χ2v) is 7.00. The van der Waals surface area contributed by atoms with Crippen LogP contribution in [0.1, 0.15) is 19.3 Å². The van der Waals surface area contributed by atoms with E-state index >= 15 is 0 Å². The van der Waals surface area contributed by atoms with Crippen molar-refractivity contribution in [2.45, 2.75) is 19.3 Å². The van der Waals surface area contributed by atoms with Crippen LogP contribution in [-0.4, -0.2) is 42.2 Å². The number of hydrogen-bond donors (Lipinski definition) is 1. The second-order valence-electron chi connectivity index (χ2n) is 7.00. The number of nitrogens with zero attached hydrogens (tertiary/aromatic N) is 2. The number of ether oxygens (including phenoxy) is 1. The van der Waals surface area contributed by atoms with Crippen LogP contribution in [0.15, 0.2) is 48.5 Å². The number of piperidine rings is 1. The van der Waals surface area contributed by atoms with Crippen LogP contribution in [-0.2, 0) is 4.79 Å². The molecule has 1 fully saturated rings. The van der Waals surface area contributed by atoms with Gasteiger partial charge in [0.15, 0.2) is 11.5 Å². The van der Waals surface area contributed by atoms with Crippen molar-refractivity contribution in [1.29, 1.82) is 0 Å². The third-order valence-electron chi connectivity index (χ3n) is 5.32. The van der Waals surface area contributed by atoms with Crippen molar-refractivity contribution in [3.05, 3.63) is 48.5 Å². The van der Waals surface area contributed by atoms with E-state index in [0.29, 0.717) is 0 Å². The zero-order valence-corrected chi connectivity index (χ0v) is 16.0. The molecule has 0 unspecified atom stereocenters. The van der Waals surface area contributed by atoms with Crippen molar-refractivity contribution in [2.75, 3.05) is 31.1 Å². The number of carboxylic acid groups (broad SMARTS) is 1. The molecular weight excluding hydrogens is 364 g/mol. The fraction of sp³-hybridized carbons (Fsp3) is 0.381. The standard InChI is InChI=1S/C21H24N2O3.ClH/c24-21(25)16-10-14-22(15-11-16)12-5-13-23-17-6-1-3-8-19(17)26-20-9-4-2-7-18(20)23;/h1-4,6-9,16H,5,10-15H2,(H,24,25);1H. The highest BCUT2D eigenvalue weighted by Crippen LogP contribution is 2.46. The summed E-state index contributed by atoms with van der Waals surface area (Å²) in [6, 6.07) is 16.3. The van der Waals surface area contributed by atoms with Gasteiger partial charge in [-0.25, -0.2) is 0 Å². The molecule has 0 aromatic heterocycles. The number of likely N-dealkylation sites (tertiary alicyclic amines) is 1. The summed E-state index contributed by atoms with van der Waals surface area (Å²) >= 11 is 0. The Labute approximate surface area is 166 Å². The molecule has 2 aliphatic heterocycles. The van der Waals surface area contributed by atoms with E-state index in [1.54, 1.807) is 0 Å². The average molecular weight is 389 g/mol. The Kier molecular flexibility index (Phi) is 6.24. The lowest BCUT2D eigenvalue weighted by atomic mass is 9.97. The predicted molar refractivity (Wildman–Crippen MR) is 109 cm³/mol. The van der Waals surface area contributed by atoms with Gasteiger partial charge in [0.25, 0.3) is 0 Å². The van der Waals surface area contributed by atoms with Crippen molar-refractivity contribution in [3.63, 3.8) is 0 Å². The lowest BCUT2D eigenvalue weighted by molar-refractivity contribution is -0.143. The van der Waals surface area contributed by atoms with Crippen molar-refractivity contribution in [3.8, 4) is 11.5 Å². The lowest BCUT2D eigenvalue weighted by Gasteiger charge is -2.34. The molecule has 0 radical (unpaired) electrons. The van der Waals surface area contributed by atoms with Gasteiger partial charge in [-0.15, -0.1) is 12.4 Å². The van der Waals surface area contributed by atoms with E-state index in [0.717, 1.165) is 68.3 Å². The first-order valence-electron chi connectivity index (χ1n) is 9.31. The van der Waals surface area contributed by atoms with Gasteiger partial charge in [-0.05, 0) is 63.2 Å². The molecular formula is C21H25ClN2O3. The van der Waals surface area contributed by atoms with Gasteiger partial charge in [0.2, 0.25) is 0 Å². The largest absolute Gasteiger partial charge is 0.481 e. The normalized spacial score (nSPS) is 16.7. The summed E-state index contributed by atoms with van der Waals surface area (Å²) in [5.74, 6) is 0.984. The maximum Gasteiger partial charge on any atom is 0.306 e. The van der Waals surface area contributed by atoms with Gasteiger partial charge in [-0.2, -0.15) is 0 Å². The van der Waals surface area contributed by atoms with E-state index in [9.17, 15) is 4.79 Å². The molecule has 0 amide bonds. The molecule has 0 atom stereocenters. The van der Waals surface area contributed by atoms with Crippen LogP contribution in [0.4, 0.5) is 11.4 Å². The maximum atomic E-state index is 11.1. The van der Waals surface area contributed by atoms with E-state index in [1.807, 2.05) is 36.4 Å². The summed E-state index contributed by atoms with van der Waals surface area (Å²) in [7, 11) is 0. The lowest BCUT2D eigenvalue weighted by Crippen LogP contribution is -2.37. The van der Waals surface area contributed by atoms with Crippen LogP contribution in [0.3, 0.4) is 0 Å². The molecule has 2 heterocycles. The summed E-state index contributed by atoms with van der Waals surface area (Å²) in [6.45, 7) is 3.67. The number of anilines is 2. The van der Waals surface area contributed by atoms with E-state index < -0.39 is 5.97 Å². The quantitative estimate of drug-likeness (QED) is 0.814. The van der Waals surface area contributed by atoms with Crippen molar-refractivity contribution in [2.24, 2.45) is 5.92 Å². The van der Waals surface area contributed by atoms with Gasteiger partial charge >= 0.3 is 5.97 Å². The molecule has 144 valence electrons. The van der Waals surface area contributed by atoms with E-state index in [-0.39, 0.29) is 18.3 Å². The Balaban J connectivity index is 0.00000210. The van der Waals surface area contributed by atoms with Crippen LogP contribution in [0.2, 0.25) is 0 Å². The highest BCUT2D eigenvalue weighted by Gasteiger charge is 2.26. The summed E-state index contributed by atoms with van der Waals surface area (Å²) in [6.07, 6.45) is 2.55. The number of carboxylic acids is 1. The highest BCUT2D eigenvalue weighted by atomic mass is 35.5. The fourth-order valence-corrected chi connectivity index (χ4v) is 3.88. The first-order valence-corrected chi connectivity index (χ1v) is 9.31. The van der Waals surface area contributed by atoms with Gasteiger partial charge in [0.1, 0.15) is 0 Å². The second kappa shape index (κ2) is 8.63. The fourth-order valence-electron chi connectivity index (χ4n) is 3.88. The molecule has 0 bridgehead atoms. The molecule has 0 aliphatic carbocycles. The van der Waals surface area contributed by atoms with Crippen LogP contribution in [0.5, 0.6) is 11.5 Å². The Hall–Kier alpha value is -2.24. The molecule has 1 saturated heterocycles. The number of para-hydroxylation sites is 4. The summed E-state index contributed by atoms with van der Waals surface area (Å²) in [5.41, 5.74) is 2.21. The summed E-state index contributed by atoms with van der Waals surface area (Å²) < 4.78 is 6.03. The Bertz CT molecular complexity index is 745. The topological polar surface area (TPSA) is 53.0 Å². The zero-order valence-electron chi connectivity index (χ0n) is 15.2. The van der Waals surface area contributed by atoms with Gasteiger partial charge in [0, 0.05) is 6.54 Å². The predicted octanol–water partition coefficient (Wildman–Crippen LogP) is 4.54. The smallest absolute Gasteiger partial charge is 0.306 e. The van der Waals surface area contributed by atoms with E-state index in [4.69, 9.17) is 9.84 Å². The minimum absolute atomic E-state index is 0. The monoisotopic (exact) mass is 388 g/mol. The van der Waals surface area contributed by atoms with E-state index in [2.05, 4.69) is 21.9 Å². The minimum Gasteiger partial charge on any atom is -0.481 e. The first kappa shape index (κ1) is 19.5. The number of aliphatic carboxylic acids is 1. The Morgan fingerprint density at radius 3 is 2.07 bits per heavy atom. The highest BCUT2D eigenvalue weighted by molar-refractivity contribution is 5.85. The molecule has 4 rings (SSSR count). The van der Waals surface area contributed by atoms with Crippen LogP contribution in [0, 0.1) is 5.92 Å². The Morgan fingerprint density at radius 2 is 1.52 bits per heavy atom. The number of carbonyl (C=O) groups is 1. The molecule has 0 saturated carbocycles. The van der Waals surface area contributed by atoms with Crippen LogP contribution >= 0.6 is 12.4 Å². The SMILES string of the molecule is Cl.O=C(O)C1CCN(CCCN2c3ccccc3Oc3ccccc32)CC1. The summed E-state index contributed by atoms with van der Waals surface area (Å²) in [5, 5.41) is 9.12. The summed E-state index contributed by atoms with van der Waals surface area (Å²) in [4.78, 5) is 15.8. The number of rotatable bonds is 5. The van der Waals surface area contributed by atoms with Crippen molar-refractivity contribution in [1.82, 2.24) is 4.90 Å². The molecule has 5 nitrogen and oxygen atoms in total. The molecule has 2 aliphatic rings. The van der Waals surface area contributed by atoms with E-state index in [1.165, 1.54) is 0 Å². The number of fused-ring (bicyclic) bond motifs is 2. The molecule has 1 N–H and O–H groups in total. The molecule has 2 aromatic rings. The third kappa shape index (κ3) is 4.20. The Morgan fingerprint density at radius 1 is 0.963 bits per heavy atom. The molecule has 27 heavy (non-hydrogen) atoms. The molecule has 6 heteroatoms. The first-order chi connectivity index (χ1) is 12.7. The van der Waals surface area contributed by atoms with Crippen LogP contribution in [0.25, 0.3) is 0 Å². The molecule has 0 spiro atoms. The third-order valence-corrected chi connectivity index (χ3v) is 5.32. The van der Waals surface area contributed by atoms with Crippen molar-refractivity contribution < 1.29 is 14.6 Å². The van der Waals surface area contributed by atoms with Gasteiger partial charge in [-0.3, -0.25) is 4.79 Å². The van der Waals surface area contributed by atoms with Gasteiger partial charge in [0.05, 0.1) is 17.3 Å². The zero-order chi connectivity index (χ0) is 17.9. The number of halogens is 1. The number of hydrogen-bond acceptors (Lipinski definition) is 4. The maximum absolute atomic E-state index is 11.1. The number of benzene rings is 2. The molecule has 2 aromatic carbocycles.